The number of rotatable bonds is 3. The van der Waals surface area contributed by atoms with Crippen LogP contribution in [0, 0.1) is 0 Å². The third-order valence-corrected chi connectivity index (χ3v) is 5.49. The number of pyridine rings is 2. The van der Waals surface area contributed by atoms with Crippen molar-refractivity contribution in [2.75, 3.05) is 5.73 Å². The molecule has 3 heterocycles. The van der Waals surface area contributed by atoms with Crippen molar-refractivity contribution in [1.29, 1.82) is 0 Å². The number of allylic oxidation sites excluding steroid dienone is 1. The number of anilines is 1. The lowest BCUT2D eigenvalue weighted by molar-refractivity contribution is 0.937. The van der Waals surface area contributed by atoms with E-state index in [1.54, 1.807) is 16.8 Å². The Kier molecular flexibility index (Phi) is 3.87. The van der Waals surface area contributed by atoms with Crippen LogP contribution in [0.1, 0.15) is 16.8 Å². The molecule has 0 amide bonds. The Hall–Kier alpha value is -3.58. The van der Waals surface area contributed by atoms with Gasteiger partial charge in [0.1, 0.15) is 10.8 Å². The minimum absolute atomic E-state index is 0.107. The molecule has 1 aliphatic rings. The summed E-state index contributed by atoms with van der Waals surface area (Å²) in [6, 6.07) is 17.1. The molecule has 0 fully saturated rings. The average molecular weight is 385 g/mol. The van der Waals surface area contributed by atoms with Crippen LogP contribution in [-0.4, -0.2) is 19.7 Å². The van der Waals surface area contributed by atoms with E-state index in [4.69, 9.17) is 10.7 Å². The van der Waals surface area contributed by atoms with E-state index in [-0.39, 0.29) is 5.56 Å². The normalized spacial score (nSPS) is 12.6. The molecule has 7 heteroatoms. The number of nitrogens with zero attached hydrogens (tertiary/aromatic N) is 4. The predicted molar refractivity (Wildman–Crippen MR) is 110 cm³/mol. The minimum Gasteiger partial charge on any atom is -0.374 e. The van der Waals surface area contributed by atoms with Gasteiger partial charge in [0.2, 0.25) is 5.13 Å². The second kappa shape index (κ2) is 6.54. The second-order valence-corrected chi connectivity index (χ2v) is 7.44. The molecule has 136 valence electrons. The number of benzene rings is 1. The third kappa shape index (κ3) is 2.82. The maximum Gasteiger partial charge on any atom is 0.256 e. The molecule has 0 spiro atoms. The quantitative estimate of drug-likeness (QED) is 0.585. The summed E-state index contributed by atoms with van der Waals surface area (Å²) < 4.78 is 1.54. The first-order chi connectivity index (χ1) is 13.7. The Labute approximate surface area is 164 Å². The number of nitrogen functional groups attached to an aromatic ring is 1. The van der Waals surface area contributed by atoms with Crippen molar-refractivity contribution >= 4 is 22.0 Å². The molecule has 0 bridgehead atoms. The number of hydrogen-bond acceptors (Lipinski definition) is 6. The van der Waals surface area contributed by atoms with E-state index in [0.29, 0.717) is 10.9 Å². The van der Waals surface area contributed by atoms with Crippen LogP contribution in [0.25, 0.3) is 22.0 Å². The minimum atomic E-state index is -0.107. The lowest BCUT2D eigenvalue weighted by Crippen LogP contribution is -2.17. The molecule has 6 nitrogen and oxygen atoms in total. The Balaban J connectivity index is 1.57. The standard InChI is InChI=1S/C21H15N5OS/c22-21-25-24-20(28-21)14-8-7-13-9-10-15(16(13)12-14)17-4-3-5-18(23-17)26-11-2-1-6-19(26)27/h1-8,10-12H,9H2,(H2,22,25). The molecule has 0 saturated heterocycles. The van der Waals surface area contributed by atoms with E-state index in [9.17, 15) is 4.79 Å². The number of hydrogen-bond donors (Lipinski definition) is 1. The highest BCUT2D eigenvalue weighted by Crippen LogP contribution is 2.36. The topological polar surface area (TPSA) is 86.7 Å². The summed E-state index contributed by atoms with van der Waals surface area (Å²) in [5, 5.41) is 9.30. The van der Waals surface area contributed by atoms with Crippen LogP contribution in [0.3, 0.4) is 0 Å². The van der Waals surface area contributed by atoms with Gasteiger partial charge in [-0.3, -0.25) is 9.36 Å². The van der Waals surface area contributed by atoms with Gasteiger partial charge in [0, 0.05) is 23.4 Å². The molecule has 0 aliphatic heterocycles. The van der Waals surface area contributed by atoms with Crippen molar-refractivity contribution in [1.82, 2.24) is 19.7 Å². The van der Waals surface area contributed by atoms with Crippen LogP contribution in [-0.2, 0) is 6.42 Å². The molecule has 0 saturated carbocycles. The van der Waals surface area contributed by atoms with Crippen molar-refractivity contribution in [2.24, 2.45) is 0 Å². The van der Waals surface area contributed by atoms with E-state index in [0.717, 1.165) is 33.8 Å². The molecule has 0 unspecified atom stereocenters. The number of fused-ring (bicyclic) bond motifs is 1. The first-order valence-electron chi connectivity index (χ1n) is 8.77. The van der Waals surface area contributed by atoms with E-state index < -0.39 is 0 Å². The van der Waals surface area contributed by atoms with Crippen molar-refractivity contribution < 1.29 is 0 Å². The summed E-state index contributed by atoms with van der Waals surface area (Å²) in [6.45, 7) is 0. The molecule has 3 aromatic heterocycles. The second-order valence-electron chi connectivity index (χ2n) is 6.43. The van der Waals surface area contributed by atoms with Crippen LogP contribution in [0.15, 0.2) is 71.7 Å². The summed E-state index contributed by atoms with van der Waals surface area (Å²) in [7, 11) is 0. The molecule has 4 aromatic rings. The molecule has 1 aliphatic carbocycles. The Morgan fingerprint density at radius 2 is 1.96 bits per heavy atom. The fraction of sp³-hybridized carbons (Fsp3) is 0.0476. The zero-order valence-corrected chi connectivity index (χ0v) is 15.6. The zero-order chi connectivity index (χ0) is 19.1. The molecule has 1 aromatic carbocycles. The van der Waals surface area contributed by atoms with E-state index in [2.05, 4.69) is 28.4 Å². The van der Waals surface area contributed by atoms with Crippen LogP contribution in [0.4, 0.5) is 5.13 Å². The lowest BCUT2D eigenvalue weighted by atomic mass is 10.0. The van der Waals surface area contributed by atoms with Gasteiger partial charge < -0.3 is 5.73 Å². The first-order valence-corrected chi connectivity index (χ1v) is 9.59. The van der Waals surface area contributed by atoms with Crippen molar-refractivity contribution in [3.63, 3.8) is 0 Å². The highest BCUT2D eigenvalue weighted by Gasteiger charge is 2.19. The smallest absolute Gasteiger partial charge is 0.256 e. The average Bonchev–Trinajstić information content (AvgIpc) is 3.34. The Bertz CT molecular complexity index is 1290. The molecule has 0 atom stereocenters. The van der Waals surface area contributed by atoms with E-state index in [1.165, 1.54) is 23.0 Å². The molecular weight excluding hydrogens is 370 g/mol. The lowest BCUT2D eigenvalue weighted by Gasteiger charge is -2.10. The van der Waals surface area contributed by atoms with Crippen LogP contribution in [0.2, 0.25) is 0 Å². The molecule has 5 rings (SSSR count). The third-order valence-electron chi connectivity index (χ3n) is 4.69. The van der Waals surface area contributed by atoms with E-state index >= 15 is 0 Å². The summed E-state index contributed by atoms with van der Waals surface area (Å²) in [5.74, 6) is 0.602. The van der Waals surface area contributed by atoms with Crippen molar-refractivity contribution in [2.45, 2.75) is 6.42 Å². The monoisotopic (exact) mass is 385 g/mol. The van der Waals surface area contributed by atoms with Gasteiger partial charge in [-0.15, -0.1) is 10.2 Å². The molecule has 28 heavy (non-hydrogen) atoms. The van der Waals surface area contributed by atoms with Gasteiger partial charge in [-0.2, -0.15) is 0 Å². The van der Waals surface area contributed by atoms with E-state index in [1.807, 2.05) is 30.3 Å². The fourth-order valence-electron chi connectivity index (χ4n) is 3.38. The largest absolute Gasteiger partial charge is 0.374 e. The Morgan fingerprint density at radius 3 is 2.79 bits per heavy atom. The van der Waals surface area contributed by atoms with Gasteiger partial charge in [-0.05, 0) is 41.8 Å². The van der Waals surface area contributed by atoms with Gasteiger partial charge in [0.15, 0.2) is 0 Å². The molecular formula is C21H15N5OS. The van der Waals surface area contributed by atoms with Gasteiger partial charge in [0.25, 0.3) is 5.56 Å². The summed E-state index contributed by atoms with van der Waals surface area (Å²) in [4.78, 5) is 16.9. The first kappa shape index (κ1) is 16.6. The van der Waals surface area contributed by atoms with Crippen LogP contribution in [0.5, 0.6) is 0 Å². The highest BCUT2D eigenvalue weighted by molar-refractivity contribution is 7.18. The summed E-state index contributed by atoms with van der Waals surface area (Å²) in [6.07, 6.45) is 4.74. The van der Waals surface area contributed by atoms with Gasteiger partial charge in [-0.1, -0.05) is 41.7 Å². The maximum absolute atomic E-state index is 12.1. The maximum atomic E-state index is 12.1. The SMILES string of the molecule is Nc1nnc(-c2ccc3c(c2)C(c2cccc(-n4ccccc4=O)n2)=CC3)s1. The van der Waals surface area contributed by atoms with Crippen LogP contribution >= 0.6 is 11.3 Å². The van der Waals surface area contributed by atoms with Gasteiger partial charge >= 0.3 is 0 Å². The van der Waals surface area contributed by atoms with Crippen molar-refractivity contribution in [3.05, 3.63) is 94.0 Å². The number of aromatic nitrogens is 4. The zero-order valence-electron chi connectivity index (χ0n) is 14.7. The van der Waals surface area contributed by atoms with Crippen LogP contribution < -0.4 is 11.3 Å². The fourth-order valence-corrected chi connectivity index (χ4v) is 3.98. The van der Waals surface area contributed by atoms with Crippen molar-refractivity contribution in [3.8, 4) is 16.4 Å². The Morgan fingerprint density at radius 1 is 1.04 bits per heavy atom. The number of nitrogens with two attached hydrogens (primary N) is 1. The predicted octanol–water partition coefficient (Wildman–Crippen LogP) is 3.32. The van der Waals surface area contributed by atoms with Gasteiger partial charge in [0.05, 0.1) is 5.69 Å². The molecule has 2 N–H and O–H groups in total. The molecule has 0 radical (unpaired) electrons. The highest BCUT2D eigenvalue weighted by atomic mass is 32.1. The summed E-state index contributed by atoms with van der Waals surface area (Å²) in [5.41, 5.74) is 10.9. The van der Waals surface area contributed by atoms with Gasteiger partial charge in [-0.25, -0.2) is 4.98 Å². The summed E-state index contributed by atoms with van der Waals surface area (Å²) >= 11 is 1.37.